The number of methoxy groups -OCH3 is 2. The number of ether oxygens (including phenoxy) is 3. The predicted molar refractivity (Wildman–Crippen MR) is 257 cm³/mol. The van der Waals surface area contributed by atoms with Crippen molar-refractivity contribution in [1.29, 1.82) is 0 Å². The Hall–Kier alpha value is -8.26. The van der Waals surface area contributed by atoms with Crippen LogP contribution in [0.1, 0.15) is 49.9 Å². The number of amides is 4. The van der Waals surface area contributed by atoms with Gasteiger partial charge in [0.1, 0.15) is 35.7 Å². The van der Waals surface area contributed by atoms with Crippen LogP contribution < -0.4 is 26.0 Å². The number of phenolic OH excluding ortho intramolecular Hbond substituents is 1. The number of carbonyl (C=O) groups is 6. The van der Waals surface area contributed by atoms with Gasteiger partial charge in [0.15, 0.2) is 0 Å². The first kappa shape index (κ1) is 50.7. The molecule has 0 saturated carbocycles. The maximum atomic E-state index is 13.3. The molecule has 14 heteroatoms. The Kier molecular flexibility index (Phi) is 19.9. The molecule has 0 aromatic heterocycles. The number of hydrogen-bond donors (Lipinski definition) is 5. The van der Waals surface area contributed by atoms with Crippen LogP contribution in [0, 0.1) is 0 Å². The second kappa shape index (κ2) is 26.6. The van der Waals surface area contributed by atoms with E-state index in [-0.39, 0.29) is 43.2 Å². The fourth-order valence-corrected chi connectivity index (χ4v) is 6.99. The molecule has 6 aromatic carbocycles. The largest absolute Gasteiger partial charge is 0.508 e. The van der Waals surface area contributed by atoms with Gasteiger partial charge in [0, 0.05) is 36.8 Å². The van der Waals surface area contributed by atoms with Crippen molar-refractivity contribution in [1.82, 2.24) is 21.3 Å². The number of phenols is 1. The lowest BCUT2D eigenvalue weighted by Crippen LogP contribution is -2.53. The van der Waals surface area contributed by atoms with E-state index >= 15 is 0 Å². The molecule has 4 amide bonds. The molecule has 4 atom stereocenters. The van der Waals surface area contributed by atoms with Crippen LogP contribution in [0.4, 0.5) is 0 Å². The molecule has 0 aliphatic rings. The molecule has 0 radical (unpaired) electrons. The first-order chi connectivity index (χ1) is 33.0. The van der Waals surface area contributed by atoms with Gasteiger partial charge in [-0.15, -0.1) is 0 Å². The molecule has 14 nitrogen and oxygen atoms in total. The van der Waals surface area contributed by atoms with E-state index in [1.807, 2.05) is 97.9 Å². The zero-order valence-corrected chi connectivity index (χ0v) is 38.1. The Morgan fingerprint density at radius 1 is 0.426 bits per heavy atom. The van der Waals surface area contributed by atoms with Gasteiger partial charge in [0.25, 0.3) is 11.8 Å². The molecular formula is C54H56N4O10. The lowest BCUT2D eigenvalue weighted by atomic mass is 10.0. The minimum atomic E-state index is -0.959. The van der Waals surface area contributed by atoms with E-state index in [2.05, 4.69) is 21.3 Å². The number of rotatable bonds is 20. The van der Waals surface area contributed by atoms with Gasteiger partial charge in [-0.25, -0.2) is 9.59 Å². The van der Waals surface area contributed by atoms with Crippen LogP contribution in [0.2, 0.25) is 0 Å². The number of nitrogens with one attached hydrogen (secondary N) is 4. The van der Waals surface area contributed by atoms with E-state index in [4.69, 9.17) is 14.2 Å². The third-order valence-electron chi connectivity index (χ3n) is 10.5. The summed E-state index contributed by atoms with van der Waals surface area (Å²) in [6, 6.07) is 45.9. The zero-order valence-electron chi connectivity index (χ0n) is 38.1. The van der Waals surface area contributed by atoms with Gasteiger partial charge in [-0.2, -0.15) is 0 Å². The van der Waals surface area contributed by atoms with E-state index in [0.717, 1.165) is 28.0 Å². The SMILES string of the molecule is CCOc1ccc(C[C@@H](NC(=O)[C@H](Cc2ccccc2)NC(=O)c2ccccc2)C(=O)OC)cc1.COC(=O)[C@@H](Cc1ccc(O)cc1)NC(=O)[C@H](Cc1ccccc1)NC(=O)c1ccccc1. The van der Waals surface area contributed by atoms with E-state index in [1.54, 1.807) is 66.7 Å². The normalized spacial score (nSPS) is 12.2. The fourth-order valence-electron chi connectivity index (χ4n) is 6.99. The van der Waals surface area contributed by atoms with Crippen LogP contribution in [0.3, 0.4) is 0 Å². The second-order valence-electron chi connectivity index (χ2n) is 15.5. The monoisotopic (exact) mass is 920 g/mol. The van der Waals surface area contributed by atoms with Crippen molar-refractivity contribution >= 4 is 35.6 Å². The standard InChI is InChI=1S/C28H30N2O5.C26H26N2O5/c1-3-35-23-16-14-21(15-17-23)19-25(28(33)34-2)30-27(32)24(18-20-10-6-4-7-11-20)29-26(31)22-12-8-5-9-13-22;1-33-26(32)23(17-19-12-14-21(29)15-13-19)28-25(31)22(16-18-8-4-2-5-9-18)27-24(30)20-10-6-3-7-11-20/h4-17,24-25H,3,18-19H2,1-2H3,(H,29,31)(H,30,32);2-15,22-23,29H,16-17H2,1H3,(H,27,30)(H,28,31)/t24-,25+;22-,23+/m00/s1. The highest BCUT2D eigenvalue weighted by Gasteiger charge is 2.30. The molecule has 6 aromatic rings. The van der Waals surface area contributed by atoms with E-state index in [0.29, 0.717) is 17.7 Å². The Bertz CT molecular complexity index is 2530. The molecule has 0 spiro atoms. The molecule has 352 valence electrons. The minimum absolute atomic E-state index is 0.101. The van der Waals surface area contributed by atoms with Gasteiger partial charge < -0.3 is 40.6 Å². The minimum Gasteiger partial charge on any atom is -0.508 e. The van der Waals surface area contributed by atoms with Gasteiger partial charge in [-0.05, 0) is 77.7 Å². The number of aromatic hydroxyl groups is 1. The van der Waals surface area contributed by atoms with Gasteiger partial charge in [0.2, 0.25) is 11.8 Å². The summed E-state index contributed by atoms with van der Waals surface area (Å²) in [7, 11) is 2.52. The molecule has 0 unspecified atom stereocenters. The lowest BCUT2D eigenvalue weighted by Gasteiger charge is -2.23. The van der Waals surface area contributed by atoms with Gasteiger partial charge in [-0.3, -0.25) is 19.2 Å². The Labute approximate surface area is 396 Å². The Morgan fingerprint density at radius 3 is 1.10 bits per heavy atom. The molecule has 0 heterocycles. The molecule has 0 bridgehead atoms. The summed E-state index contributed by atoms with van der Waals surface area (Å²) in [4.78, 5) is 77.0. The molecule has 0 aliphatic carbocycles. The van der Waals surface area contributed by atoms with Crippen molar-refractivity contribution in [3.63, 3.8) is 0 Å². The number of esters is 2. The molecule has 0 saturated heterocycles. The smallest absolute Gasteiger partial charge is 0.328 e. The summed E-state index contributed by atoms with van der Waals surface area (Å²) in [5.41, 5.74) is 4.17. The number of carbonyl (C=O) groups excluding carboxylic acids is 6. The summed E-state index contributed by atoms with van der Waals surface area (Å²) in [6.45, 7) is 2.46. The predicted octanol–water partition coefficient (Wildman–Crippen LogP) is 5.96. The maximum Gasteiger partial charge on any atom is 0.328 e. The van der Waals surface area contributed by atoms with Gasteiger partial charge in [-0.1, -0.05) is 121 Å². The maximum absolute atomic E-state index is 13.3. The second-order valence-corrected chi connectivity index (χ2v) is 15.5. The molecule has 5 N–H and O–H groups in total. The van der Waals surface area contributed by atoms with Crippen LogP contribution in [0.5, 0.6) is 11.5 Å². The summed E-state index contributed by atoms with van der Waals surface area (Å²) in [6.07, 6.45) is 0.916. The van der Waals surface area contributed by atoms with Crippen LogP contribution >= 0.6 is 0 Å². The third-order valence-corrected chi connectivity index (χ3v) is 10.5. The summed E-state index contributed by atoms with van der Waals surface area (Å²) in [5, 5.41) is 20.6. The van der Waals surface area contributed by atoms with E-state index in [1.165, 1.54) is 26.4 Å². The average Bonchev–Trinajstić information content (AvgIpc) is 3.37. The Morgan fingerprint density at radius 2 is 0.750 bits per heavy atom. The van der Waals surface area contributed by atoms with Crippen LogP contribution in [-0.2, 0) is 54.3 Å². The van der Waals surface area contributed by atoms with Crippen molar-refractivity contribution < 1.29 is 48.1 Å². The van der Waals surface area contributed by atoms with Crippen molar-refractivity contribution in [3.05, 3.63) is 203 Å². The highest BCUT2D eigenvalue weighted by molar-refractivity contribution is 5.99. The van der Waals surface area contributed by atoms with Crippen LogP contribution in [-0.4, -0.2) is 85.7 Å². The van der Waals surface area contributed by atoms with Crippen molar-refractivity contribution in [2.45, 2.75) is 56.8 Å². The first-order valence-electron chi connectivity index (χ1n) is 22.0. The summed E-state index contributed by atoms with van der Waals surface area (Å²) in [5.74, 6) is -2.09. The molecule has 68 heavy (non-hydrogen) atoms. The molecule has 6 rings (SSSR count). The fraction of sp³-hybridized carbons (Fsp3) is 0.222. The van der Waals surface area contributed by atoms with Crippen LogP contribution in [0.15, 0.2) is 170 Å². The first-order valence-corrected chi connectivity index (χ1v) is 22.0. The quantitative estimate of drug-likeness (QED) is 0.0570. The van der Waals surface area contributed by atoms with Crippen molar-refractivity contribution in [2.24, 2.45) is 0 Å². The van der Waals surface area contributed by atoms with Crippen LogP contribution in [0.25, 0.3) is 0 Å². The molecular weight excluding hydrogens is 865 g/mol. The molecule has 0 aliphatic heterocycles. The highest BCUT2D eigenvalue weighted by atomic mass is 16.5. The van der Waals surface area contributed by atoms with Crippen molar-refractivity contribution in [3.8, 4) is 11.5 Å². The van der Waals surface area contributed by atoms with Gasteiger partial charge >= 0.3 is 11.9 Å². The van der Waals surface area contributed by atoms with Gasteiger partial charge in [0.05, 0.1) is 20.8 Å². The number of hydrogen-bond acceptors (Lipinski definition) is 10. The summed E-state index contributed by atoms with van der Waals surface area (Å²) >= 11 is 0. The van der Waals surface area contributed by atoms with Crippen molar-refractivity contribution in [2.75, 3.05) is 20.8 Å². The highest BCUT2D eigenvalue weighted by Crippen LogP contribution is 2.16. The number of benzene rings is 6. The summed E-state index contributed by atoms with van der Waals surface area (Å²) < 4.78 is 15.3. The van der Waals surface area contributed by atoms with E-state index < -0.39 is 47.9 Å². The average molecular weight is 921 g/mol. The van der Waals surface area contributed by atoms with E-state index in [9.17, 15) is 33.9 Å². The lowest BCUT2D eigenvalue weighted by molar-refractivity contribution is -0.145. The zero-order chi connectivity index (χ0) is 48.7. The Balaban J connectivity index is 0.000000255. The third kappa shape index (κ3) is 16.3. The molecule has 0 fully saturated rings. The topological polar surface area (TPSA) is 198 Å².